The fraction of sp³-hybridized carbons (Fsp3) is 0.111. The number of nitrogens with zero attached hydrogens (tertiary/aromatic N) is 1. The number of rotatable bonds is 5. The van der Waals surface area contributed by atoms with Gasteiger partial charge in [0, 0.05) is 10.4 Å². The van der Waals surface area contributed by atoms with Gasteiger partial charge in [-0.15, -0.1) is 0 Å². The molecule has 3 aromatic rings. The van der Waals surface area contributed by atoms with Crippen LogP contribution in [0.4, 0.5) is 0 Å². The largest absolute Gasteiger partial charge is 0.493 e. The first-order chi connectivity index (χ1) is 12.5. The summed E-state index contributed by atoms with van der Waals surface area (Å²) in [6.45, 7) is 0. The number of amides is 1. The van der Waals surface area contributed by atoms with E-state index in [1.54, 1.807) is 50.6 Å². The van der Waals surface area contributed by atoms with Crippen molar-refractivity contribution in [3.63, 3.8) is 0 Å². The van der Waals surface area contributed by atoms with Gasteiger partial charge < -0.3 is 13.9 Å². The average Bonchev–Trinajstić information content (AvgIpc) is 3.04. The lowest BCUT2D eigenvalue weighted by molar-refractivity contribution is 0.0929. The van der Waals surface area contributed by atoms with Gasteiger partial charge in [0.25, 0.3) is 0 Å². The van der Waals surface area contributed by atoms with E-state index < -0.39 is 5.91 Å². The van der Waals surface area contributed by atoms with Crippen molar-refractivity contribution in [1.82, 2.24) is 5.43 Å². The van der Waals surface area contributed by atoms with Crippen LogP contribution in [0.15, 0.2) is 50.4 Å². The first kappa shape index (κ1) is 18.3. The highest BCUT2D eigenvalue weighted by Gasteiger charge is 2.12. The van der Waals surface area contributed by atoms with Crippen molar-refractivity contribution < 1.29 is 18.7 Å². The summed E-state index contributed by atoms with van der Waals surface area (Å²) in [6.07, 6.45) is 1.49. The van der Waals surface area contributed by atoms with Crippen molar-refractivity contribution in [2.24, 2.45) is 5.10 Å². The Hall–Kier alpha value is -2.51. The lowest BCUT2D eigenvalue weighted by atomic mass is 10.2. The summed E-state index contributed by atoms with van der Waals surface area (Å²) >= 11 is 9.33. The number of fused-ring (bicyclic) bond motifs is 1. The minimum absolute atomic E-state index is 0.146. The van der Waals surface area contributed by atoms with Gasteiger partial charge in [0.05, 0.1) is 24.9 Å². The molecule has 0 atom stereocenters. The molecule has 1 aromatic heterocycles. The number of hydrazone groups is 1. The van der Waals surface area contributed by atoms with Crippen LogP contribution in [0.3, 0.4) is 0 Å². The van der Waals surface area contributed by atoms with Gasteiger partial charge in [0.15, 0.2) is 17.3 Å². The Kier molecular flexibility index (Phi) is 5.49. The Morgan fingerprint density at radius 1 is 1.23 bits per heavy atom. The van der Waals surface area contributed by atoms with E-state index in [-0.39, 0.29) is 5.76 Å². The molecular weight excluding hydrogens is 424 g/mol. The van der Waals surface area contributed by atoms with Crippen LogP contribution in [-0.2, 0) is 0 Å². The second-order valence-electron chi connectivity index (χ2n) is 5.23. The van der Waals surface area contributed by atoms with Crippen LogP contribution in [0.1, 0.15) is 16.1 Å². The molecule has 0 aliphatic carbocycles. The zero-order valence-corrected chi connectivity index (χ0v) is 16.2. The number of halogens is 2. The van der Waals surface area contributed by atoms with E-state index in [2.05, 4.69) is 26.5 Å². The standard InChI is InChI=1S/C18H14BrClN2O4/c1-24-15-6-10(5-13(19)17(15)25-2)9-21-22-18(23)16-8-11-7-12(20)3-4-14(11)26-16/h3-9H,1-2H3,(H,22,23)/b21-9-. The predicted octanol–water partition coefficient (Wildman–Crippen LogP) is 4.63. The molecule has 1 N–H and O–H groups in total. The summed E-state index contributed by atoms with van der Waals surface area (Å²) in [7, 11) is 3.10. The highest BCUT2D eigenvalue weighted by atomic mass is 79.9. The maximum atomic E-state index is 12.2. The predicted molar refractivity (Wildman–Crippen MR) is 104 cm³/mol. The number of methoxy groups -OCH3 is 2. The van der Waals surface area contributed by atoms with E-state index in [0.717, 1.165) is 5.39 Å². The summed E-state index contributed by atoms with van der Waals surface area (Å²) in [6, 6.07) is 10.3. The average molecular weight is 438 g/mol. The first-order valence-corrected chi connectivity index (χ1v) is 8.63. The van der Waals surface area contributed by atoms with Crippen LogP contribution in [0, 0.1) is 0 Å². The smallest absolute Gasteiger partial charge is 0.307 e. The molecule has 0 aliphatic rings. The molecular formula is C18H14BrClN2O4. The van der Waals surface area contributed by atoms with Crippen LogP contribution in [0.5, 0.6) is 11.5 Å². The van der Waals surface area contributed by atoms with Crippen molar-refractivity contribution in [2.75, 3.05) is 14.2 Å². The highest BCUT2D eigenvalue weighted by molar-refractivity contribution is 9.10. The summed E-state index contributed by atoms with van der Waals surface area (Å²) < 4.78 is 16.7. The number of nitrogens with one attached hydrogen (secondary N) is 1. The number of hydrogen-bond acceptors (Lipinski definition) is 5. The second kappa shape index (κ2) is 7.80. The zero-order valence-electron chi connectivity index (χ0n) is 13.9. The Balaban J connectivity index is 1.75. The van der Waals surface area contributed by atoms with Crippen LogP contribution < -0.4 is 14.9 Å². The third-order valence-corrected chi connectivity index (χ3v) is 4.36. The van der Waals surface area contributed by atoms with Gasteiger partial charge in [-0.2, -0.15) is 5.10 Å². The number of carbonyl (C=O) groups is 1. The van der Waals surface area contributed by atoms with Crippen LogP contribution in [0.2, 0.25) is 5.02 Å². The molecule has 8 heteroatoms. The molecule has 0 spiro atoms. The molecule has 0 bridgehead atoms. The Morgan fingerprint density at radius 2 is 2.04 bits per heavy atom. The molecule has 3 rings (SSSR count). The van der Waals surface area contributed by atoms with Gasteiger partial charge in [-0.05, 0) is 57.9 Å². The molecule has 0 saturated heterocycles. The highest BCUT2D eigenvalue weighted by Crippen LogP contribution is 2.35. The SMILES string of the molecule is COc1cc(/C=N\NC(=O)c2cc3cc(Cl)ccc3o2)cc(Br)c1OC. The first-order valence-electron chi connectivity index (χ1n) is 7.46. The van der Waals surface area contributed by atoms with Crippen LogP contribution in [-0.4, -0.2) is 26.3 Å². The minimum Gasteiger partial charge on any atom is -0.493 e. The van der Waals surface area contributed by atoms with Crippen LogP contribution in [0.25, 0.3) is 11.0 Å². The normalized spacial score (nSPS) is 11.1. The molecule has 0 radical (unpaired) electrons. The molecule has 1 heterocycles. The molecule has 26 heavy (non-hydrogen) atoms. The topological polar surface area (TPSA) is 73.1 Å². The minimum atomic E-state index is -0.465. The number of ether oxygens (including phenoxy) is 2. The summed E-state index contributed by atoms with van der Waals surface area (Å²) in [4.78, 5) is 12.2. The number of furan rings is 1. The van der Waals surface area contributed by atoms with Gasteiger partial charge in [-0.25, -0.2) is 5.43 Å². The van der Waals surface area contributed by atoms with Crippen molar-refractivity contribution >= 4 is 50.6 Å². The fourth-order valence-electron chi connectivity index (χ4n) is 2.36. The summed E-state index contributed by atoms with van der Waals surface area (Å²) in [5, 5.41) is 5.27. The summed E-state index contributed by atoms with van der Waals surface area (Å²) in [5.41, 5.74) is 3.72. The van der Waals surface area contributed by atoms with E-state index in [1.165, 1.54) is 6.21 Å². The molecule has 0 unspecified atom stereocenters. The lowest BCUT2D eigenvalue weighted by Gasteiger charge is -2.10. The lowest BCUT2D eigenvalue weighted by Crippen LogP contribution is -2.16. The molecule has 0 fully saturated rings. The van der Waals surface area contributed by atoms with E-state index in [1.807, 2.05) is 0 Å². The van der Waals surface area contributed by atoms with E-state index in [0.29, 0.717) is 32.1 Å². The number of hydrogen-bond donors (Lipinski definition) is 1. The van der Waals surface area contributed by atoms with Gasteiger partial charge in [0.2, 0.25) is 0 Å². The maximum absolute atomic E-state index is 12.2. The number of carbonyl (C=O) groups excluding carboxylic acids is 1. The number of benzene rings is 2. The molecule has 134 valence electrons. The van der Waals surface area contributed by atoms with Gasteiger partial charge >= 0.3 is 5.91 Å². The quantitative estimate of drug-likeness (QED) is 0.466. The summed E-state index contributed by atoms with van der Waals surface area (Å²) in [5.74, 6) is 0.805. The molecule has 0 saturated carbocycles. The van der Waals surface area contributed by atoms with E-state index in [9.17, 15) is 4.79 Å². The Morgan fingerprint density at radius 3 is 2.77 bits per heavy atom. The van der Waals surface area contributed by atoms with E-state index >= 15 is 0 Å². The van der Waals surface area contributed by atoms with E-state index in [4.69, 9.17) is 25.5 Å². The second-order valence-corrected chi connectivity index (χ2v) is 6.52. The van der Waals surface area contributed by atoms with Crippen molar-refractivity contribution in [1.29, 1.82) is 0 Å². The van der Waals surface area contributed by atoms with Crippen molar-refractivity contribution in [3.05, 3.63) is 57.2 Å². The monoisotopic (exact) mass is 436 g/mol. The molecule has 6 nitrogen and oxygen atoms in total. The third-order valence-electron chi connectivity index (χ3n) is 3.54. The van der Waals surface area contributed by atoms with Gasteiger partial charge in [-0.1, -0.05) is 11.6 Å². The van der Waals surface area contributed by atoms with Gasteiger partial charge in [-0.3, -0.25) is 4.79 Å². The fourth-order valence-corrected chi connectivity index (χ4v) is 3.16. The maximum Gasteiger partial charge on any atom is 0.307 e. The Bertz CT molecular complexity index is 1000. The molecule has 1 amide bonds. The van der Waals surface area contributed by atoms with Crippen LogP contribution >= 0.6 is 27.5 Å². The Labute approximate surface area is 162 Å². The zero-order chi connectivity index (χ0) is 18.7. The van der Waals surface area contributed by atoms with Crippen molar-refractivity contribution in [3.8, 4) is 11.5 Å². The van der Waals surface area contributed by atoms with Crippen molar-refractivity contribution in [2.45, 2.75) is 0 Å². The van der Waals surface area contributed by atoms with Gasteiger partial charge in [0.1, 0.15) is 5.58 Å². The molecule has 2 aromatic carbocycles. The molecule has 0 aliphatic heterocycles. The third kappa shape index (κ3) is 3.84.